The van der Waals surface area contributed by atoms with Crippen molar-refractivity contribution in [2.24, 2.45) is 0 Å². The zero-order valence-corrected chi connectivity index (χ0v) is 12.2. The van der Waals surface area contributed by atoms with E-state index >= 15 is 0 Å². The van der Waals surface area contributed by atoms with Gasteiger partial charge < -0.3 is 18.9 Å². The number of rotatable bonds is 8. The Morgan fingerprint density at radius 1 is 0.667 bits per heavy atom. The van der Waals surface area contributed by atoms with Crippen LogP contribution in [-0.2, 0) is 28.5 Å². The first-order chi connectivity index (χ1) is 9.99. The predicted molar refractivity (Wildman–Crippen MR) is 69.3 cm³/mol. The van der Waals surface area contributed by atoms with Gasteiger partial charge in [0, 0.05) is 12.8 Å². The molecular formula is C13H20O8. The van der Waals surface area contributed by atoms with E-state index in [0.29, 0.717) is 19.3 Å². The van der Waals surface area contributed by atoms with Gasteiger partial charge in [0.2, 0.25) is 0 Å². The van der Waals surface area contributed by atoms with Crippen LogP contribution in [0.4, 0.5) is 9.59 Å². The van der Waals surface area contributed by atoms with E-state index in [1.807, 2.05) is 0 Å². The van der Waals surface area contributed by atoms with Gasteiger partial charge in [-0.2, -0.15) is 0 Å². The van der Waals surface area contributed by atoms with Gasteiger partial charge in [-0.25, -0.2) is 9.59 Å². The van der Waals surface area contributed by atoms with Gasteiger partial charge in [0.05, 0.1) is 13.2 Å². The number of ether oxygens (including phenoxy) is 4. The molecule has 0 radical (unpaired) electrons. The second kappa shape index (κ2) is 11.7. The second-order valence-electron chi connectivity index (χ2n) is 3.87. The fraction of sp³-hybridized carbons (Fsp3) is 0.692. The monoisotopic (exact) mass is 304 g/mol. The summed E-state index contributed by atoms with van der Waals surface area (Å²) < 4.78 is 17.6. The van der Waals surface area contributed by atoms with Crippen LogP contribution >= 0.6 is 0 Å². The van der Waals surface area contributed by atoms with E-state index in [0.717, 1.165) is 0 Å². The van der Waals surface area contributed by atoms with Gasteiger partial charge in [-0.1, -0.05) is 6.42 Å². The minimum Gasteiger partial charge on any atom is -0.434 e. The molecule has 0 aliphatic heterocycles. The first-order valence-electron chi connectivity index (χ1n) is 6.74. The summed E-state index contributed by atoms with van der Waals surface area (Å²) in [6.07, 6.45) is -0.482. The van der Waals surface area contributed by atoms with Crippen molar-refractivity contribution in [3.05, 3.63) is 0 Å². The van der Waals surface area contributed by atoms with Gasteiger partial charge >= 0.3 is 24.2 Å². The summed E-state index contributed by atoms with van der Waals surface area (Å²) in [6, 6.07) is 0. The van der Waals surface area contributed by atoms with Crippen LogP contribution in [0.2, 0.25) is 0 Å². The molecule has 0 heterocycles. The largest absolute Gasteiger partial charge is 0.516 e. The Morgan fingerprint density at radius 3 is 1.38 bits per heavy atom. The molecule has 0 N–H and O–H groups in total. The van der Waals surface area contributed by atoms with Gasteiger partial charge in [0.15, 0.2) is 0 Å². The fourth-order valence-electron chi connectivity index (χ4n) is 1.30. The minimum absolute atomic E-state index is 0.0474. The van der Waals surface area contributed by atoms with Crippen molar-refractivity contribution < 1.29 is 38.1 Å². The van der Waals surface area contributed by atoms with Crippen molar-refractivity contribution in [3.63, 3.8) is 0 Å². The summed E-state index contributed by atoms with van der Waals surface area (Å²) in [4.78, 5) is 44.0. The highest BCUT2D eigenvalue weighted by Crippen LogP contribution is 2.06. The maximum Gasteiger partial charge on any atom is 0.516 e. The molecule has 0 unspecified atom stereocenters. The molecule has 0 amide bonds. The first-order valence-corrected chi connectivity index (χ1v) is 6.74. The first kappa shape index (κ1) is 18.9. The number of unbranched alkanes of at least 4 members (excludes halogenated alkanes) is 2. The lowest BCUT2D eigenvalue weighted by Crippen LogP contribution is -2.14. The van der Waals surface area contributed by atoms with Gasteiger partial charge in [-0.15, -0.1) is 0 Å². The molecule has 8 heteroatoms. The van der Waals surface area contributed by atoms with Crippen molar-refractivity contribution in [2.45, 2.75) is 46.0 Å². The lowest BCUT2D eigenvalue weighted by atomic mass is 10.1. The summed E-state index contributed by atoms with van der Waals surface area (Å²) in [7, 11) is 0. The molecule has 8 nitrogen and oxygen atoms in total. The Hall–Kier alpha value is -2.12. The Kier molecular flexibility index (Phi) is 10.5. The van der Waals surface area contributed by atoms with Crippen LogP contribution < -0.4 is 0 Å². The normalized spacial score (nSPS) is 9.62. The number of hydrogen-bond donors (Lipinski definition) is 0. The average molecular weight is 304 g/mol. The van der Waals surface area contributed by atoms with Crippen molar-refractivity contribution in [1.82, 2.24) is 0 Å². The van der Waals surface area contributed by atoms with E-state index in [1.165, 1.54) is 0 Å². The van der Waals surface area contributed by atoms with E-state index in [4.69, 9.17) is 0 Å². The van der Waals surface area contributed by atoms with E-state index < -0.39 is 24.2 Å². The molecule has 21 heavy (non-hydrogen) atoms. The third kappa shape index (κ3) is 11.4. The molecule has 0 aliphatic carbocycles. The van der Waals surface area contributed by atoms with Crippen molar-refractivity contribution in [3.8, 4) is 0 Å². The van der Waals surface area contributed by atoms with Gasteiger partial charge in [-0.05, 0) is 26.7 Å². The maximum atomic E-state index is 11.2. The number of carbonyl (C=O) groups excluding carboxylic acids is 4. The Balaban J connectivity index is 3.59. The molecule has 0 spiro atoms. The zero-order chi connectivity index (χ0) is 16.1. The molecule has 0 aromatic heterocycles. The fourth-order valence-corrected chi connectivity index (χ4v) is 1.30. The highest BCUT2D eigenvalue weighted by Gasteiger charge is 2.12. The zero-order valence-electron chi connectivity index (χ0n) is 12.2. The van der Waals surface area contributed by atoms with Crippen LogP contribution in [0.15, 0.2) is 0 Å². The average Bonchev–Trinajstić information content (AvgIpc) is 2.38. The Labute approximate surface area is 122 Å². The smallest absolute Gasteiger partial charge is 0.434 e. The maximum absolute atomic E-state index is 11.2. The minimum atomic E-state index is -1.01. The summed E-state index contributed by atoms with van der Waals surface area (Å²) in [6.45, 7) is 3.46. The van der Waals surface area contributed by atoms with Crippen molar-refractivity contribution in [2.75, 3.05) is 13.2 Å². The lowest BCUT2D eigenvalue weighted by molar-refractivity contribution is -0.140. The molecule has 0 aromatic carbocycles. The molecule has 0 rings (SSSR count). The van der Waals surface area contributed by atoms with Gasteiger partial charge in [0.25, 0.3) is 0 Å². The van der Waals surface area contributed by atoms with Crippen LogP contribution in [0, 0.1) is 0 Å². The summed E-state index contributed by atoms with van der Waals surface area (Å²) in [5.74, 6) is -1.36. The van der Waals surface area contributed by atoms with Crippen LogP contribution in [-0.4, -0.2) is 37.5 Å². The molecule has 0 atom stereocenters. The molecule has 0 saturated heterocycles. The third-order valence-corrected chi connectivity index (χ3v) is 2.18. The molecule has 0 fully saturated rings. The van der Waals surface area contributed by atoms with Crippen LogP contribution in [0.1, 0.15) is 46.0 Å². The highest BCUT2D eigenvalue weighted by molar-refractivity contribution is 5.82. The van der Waals surface area contributed by atoms with E-state index in [-0.39, 0.29) is 26.1 Å². The number of hydrogen-bond acceptors (Lipinski definition) is 8. The molecular weight excluding hydrogens is 284 g/mol. The Morgan fingerprint density at radius 2 is 1.05 bits per heavy atom. The van der Waals surface area contributed by atoms with Crippen molar-refractivity contribution >= 4 is 24.2 Å². The second-order valence-corrected chi connectivity index (χ2v) is 3.87. The topological polar surface area (TPSA) is 105 Å². The van der Waals surface area contributed by atoms with Gasteiger partial charge in [-0.3, -0.25) is 9.59 Å². The SMILES string of the molecule is CCOC(=O)OC(=O)CCCCCC(=O)OC(=O)OCC. The summed E-state index contributed by atoms with van der Waals surface area (Å²) in [5.41, 5.74) is 0. The number of carbonyl (C=O) groups is 4. The van der Waals surface area contributed by atoms with E-state index in [9.17, 15) is 19.2 Å². The highest BCUT2D eigenvalue weighted by atomic mass is 16.7. The van der Waals surface area contributed by atoms with Gasteiger partial charge in [0.1, 0.15) is 0 Å². The number of esters is 2. The molecule has 0 saturated carbocycles. The third-order valence-electron chi connectivity index (χ3n) is 2.18. The predicted octanol–water partition coefficient (Wildman–Crippen LogP) is 2.34. The summed E-state index contributed by atoms with van der Waals surface area (Å²) >= 11 is 0. The van der Waals surface area contributed by atoms with Crippen LogP contribution in [0.5, 0.6) is 0 Å². The van der Waals surface area contributed by atoms with E-state index in [1.54, 1.807) is 13.8 Å². The van der Waals surface area contributed by atoms with Crippen LogP contribution in [0.25, 0.3) is 0 Å². The quantitative estimate of drug-likeness (QED) is 0.382. The molecule has 0 aromatic rings. The lowest BCUT2D eigenvalue weighted by Gasteiger charge is -2.03. The summed E-state index contributed by atoms with van der Waals surface area (Å²) in [5, 5.41) is 0. The molecule has 0 bridgehead atoms. The molecule has 0 aliphatic rings. The standard InChI is InChI=1S/C13H20O8/c1-3-18-12(16)20-10(14)8-6-5-7-9-11(15)21-13(17)19-4-2/h3-9H2,1-2H3. The molecule has 120 valence electrons. The van der Waals surface area contributed by atoms with Crippen LogP contribution in [0.3, 0.4) is 0 Å². The Bertz CT molecular complexity index is 329. The van der Waals surface area contributed by atoms with Crippen molar-refractivity contribution in [1.29, 1.82) is 0 Å². The van der Waals surface area contributed by atoms with E-state index in [2.05, 4.69) is 18.9 Å².